The molecule has 1 saturated heterocycles. The van der Waals surface area contributed by atoms with Gasteiger partial charge in [-0.2, -0.15) is 5.26 Å². The maximum Gasteiger partial charge on any atom is 0.221 e. The molecule has 1 amide bonds. The largest absolute Gasteiger partial charge is 0.379 e. The van der Waals surface area contributed by atoms with Gasteiger partial charge in [0.2, 0.25) is 5.91 Å². The first kappa shape index (κ1) is 21.1. The molecule has 0 spiro atoms. The van der Waals surface area contributed by atoms with E-state index in [0.717, 1.165) is 48.1 Å². The highest BCUT2D eigenvalue weighted by Crippen LogP contribution is 2.28. The zero-order valence-electron chi connectivity index (χ0n) is 17.1. The molecule has 2 heterocycles. The number of primary amides is 1. The standard InChI is InChI=1S/C24H24ClN5O/c25-20-6-7-22-21(10-20)23(19(11-26)13-28-22)29-12-16-3-1-4-17(9-16)14-30-8-2-5-18(15-30)24(27)31/h1,3-4,6-7,9-10,13,18H,2,5,8,12,14-15H2,(H2,27,31)(H,28,29). The maximum atomic E-state index is 11.5. The Kier molecular flexibility index (Phi) is 6.36. The first-order valence-corrected chi connectivity index (χ1v) is 10.7. The van der Waals surface area contributed by atoms with Crippen LogP contribution in [0, 0.1) is 17.2 Å². The number of aromatic nitrogens is 1. The van der Waals surface area contributed by atoms with Gasteiger partial charge in [0.05, 0.1) is 22.7 Å². The zero-order valence-corrected chi connectivity index (χ0v) is 17.9. The van der Waals surface area contributed by atoms with E-state index in [1.807, 2.05) is 18.2 Å². The summed E-state index contributed by atoms with van der Waals surface area (Å²) < 4.78 is 0. The Hall–Kier alpha value is -3.14. The van der Waals surface area contributed by atoms with Gasteiger partial charge in [-0.15, -0.1) is 0 Å². The van der Waals surface area contributed by atoms with Crippen LogP contribution in [0.25, 0.3) is 10.9 Å². The Bertz CT molecular complexity index is 1160. The molecule has 1 aromatic heterocycles. The number of halogens is 1. The number of carbonyl (C=O) groups is 1. The highest BCUT2D eigenvalue weighted by Gasteiger charge is 2.23. The van der Waals surface area contributed by atoms with Gasteiger partial charge in [0.15, 0.2) is 0 Å². The molecule has 0 saturated carbocycles. The van der Waals surface area contributed by atoms with Crippen molar-refractivity contribution in [2.24, 2.45) is 11.7 Å². The summed E-state index contributed by atoms with van der Waals surface area (Å²) in [5.74, 6) is -0.268. The fourth-order valence-electron chi connectivity index (χ4n) is 4.16. The number of likely N-dealkylation sites (tertiary alicyclic amines) is 1. The van der Waals surface area contributed by atoms with E-state index in [1.54, 1.807) is 12.3 Å². The van der Waals surface area contributed by atoms with Crippen molar-refractivity contribution >= 4 is 34.1 Å². The number of hydrogen-bond donors (Lipinski definition) is 2. The highest BCUT2D eigenvalue weighted by molar-refractivity contribution is 6.31. The summed E-state index contributed by atoms with van der Waals surface area (Å²) in [6, 6.07) is 16.0. The molecule has 1 fully saturated rings. The third kappa shape index (κ3) is 4.96. The predicted molar refractivity (Wildman–Crippen MR) is 122 cm³/mol. The van der Waals surface area contributed by atoms with Crippen LogP contribution in [-0.4, -0.2) is 28.9 Å². The lowest BCUT2D eigenvalue weighted by Crippen LogP contribution is -2.40. The quantitative estimate of drug-likeness (QED) is 0.611. The third-order valence-corrected chi connectivity index (χ3v) is 5.96. The number of piperidine rings is 1. The molecule has 1 atom stereocenters. The SMILES string of the molecule is N#Cc1cnc2ccc(Cl)cc2c1NCc1cccc(CN2CCCC(C(N)=O)C2)c1. The van der Waals surface area contributed by atoms with Gasteiger partial charge in [-0.3, -0.25) is 14.7 Å². The van der Waals surface area contributed by atoms with Crippen molar-refractivity contribution in [3.63, 3.8) is 0 Å². The van der Waals surface area contributed by atoms with E-state index in [-0.39, 0.29) is 11.8 Å². The second-order valence-electron chi connectivity index (χ2n) is 7.97. The summed E-state index contributed by atoms with van der Waals surface area (Å²) in [5.41, 5.74) is 9.81. The Labute approximate surface area is 186 Å². The topological polar surface area (TPSA) is 95.0 Å². The lowest BCUT2D eigenvalue weighted by atomic mass is 9.97. The lowest BCUT2D eigenvalue weighted by Gasteiger charge is -2.31. The molecule has 2 aromatic carbocycles. The van der Waals surface area contributed by atoms with E-state index < -0.39 is 0 Å². The van der Waals surface area contributed by atoms with Gasteiger partial charge in [-0.25, -0.2) is 0 Å². The van der Waals surface area contributed by atoms with E-state index >= 15 is 0 Å². The van der Waals surface area contributed by atoms with Crippen molar-refractivity contribution in [2.45, 2.75) is 25.9 Å². The molecule has 6 nitrogen and oxygen atoms in total. The molecule has 158 valence electrons. The molecular weight excluding hydrogens is 410 g/mol. The molecule has 3 N–H and O–H groups in total. The molecule has 1 aliphatic rings. The molecule has 4 rings (SSSR count). The molecule has 0 radical (unpaired) electrons. The summed E-state index contributed by atoms with van der Waals surface area (Å²) in [6.45, 7) is 3.04. The normalized spacial score (nSPS) is 16.7. The Balaban J connectivity index is 1.50. The fraction of sp³-hybridized carbons (Fsp3) is 0.292. The number of pyridine rings is 1. The number of nitrogens with two attached hydrogens (primary N) is 1. The predicted octanol–water partition coefficient (Wildman–Crippen LogP) is 4.07. The minimum atomic E-state index is -0.208. The maximum absolute atomic E-state index is 11.5. The molecule has 0 bridgehead atoms. The van der Waals surface area contributed by atoms with Crippen LogP contribution in [0.1, 0.15) is 29.5 Å². The molecular formula is C24H24ClN5O. The van der Waals surface area contributed by atoms with Crippen molar-refractivity contribution < 1.29 is 4.79 Å². The fourth-order valence-corrected chi connectivity index (χ4v) is 4.33. The number of rotatable bonds is 6. The first-order chi connectivity index (χ1) is 15.0. The third-order valence-electron chi connectivity index (χ3n) is 5.73. The van der Waals surface area contributed by atoms with E-state index in [2.05, 4.69) is 39.5 Å². The summed E-state index contributed by atoms with van der Waals surface area (Å²) in [5, 5.41) is 14.4. The number of hydrogen-bond acceptors (Lipinski definition) is 5. The highest BCUT2D eigenvalue weighted by atomic mass is 35.5. The van der Waals surface area contributed by atoms with Crippen LogP contribution in [0.15, 0.2) is 48.7 Å². The second-order valence-corrected chi connectivity index (χ2v) is 8.41. The van der Waals surface area contributed by atoms with E-state index in [1.165, 1.54) is 5.56 Å². The molecule has 31 heavy (non-hydrogen) atoms. The van der Waals surface area contributed by atoms with Crippen molar-refractivity contribution in [1.29, 1.82) is 5.26 Å². The molecule has 7 heteroatoms. The van der Waals surface area contributed by atoms with Crippen LogP contribution in [0.5, 0.6) is 0 Å². The Morgan fingerprint density at radius 3 is 2.94 bits per heavy atom. The second kappa shape index (κ2) is 9.34. The summed E-state index contributed by atoms with van der Waals surface area (Å²) in [7, 11) is 0. The van der Waals surface area contributed by atoms with Gasteiger partial charge in [0.25, 0.3) is 0 Å². The van der Waals surface area contributed by atoms with Gasteiger partial charge >= 0.3 is 0 Å². The van der Waals surface area contributed by atoms with E-state index in [4.69, 9.17) is 17.3 Å². The van der Waals surface area contributed by atoms with Crippen molar-refractivity contribution in [2.75, 3.05) is 18.4 Å². The summed E-state index contributed by atoms with van der Waals surface area (Å²) in [4.78, 5) is 18.2. The summed E-state index contributed by atoms with van der Waals surface area (Å²) in [6.07, 6.45) is 3.45. The number of nitriles is 1. The van der Waals surface area contributed by atoms with Gasteiger partial charge < -0.3 is 11.1 Å². The Morgan fingerprint density at radius 1 is 1.29 bits per heavy atom. The van der Waals surface area contributed by atoms with Gasteiger partial charge in [-0.05, 0) is 48.7 Å². The van der Waals surface area contributed by atoms with Crippen LogP contribution in [0.2, 0.25) is 5.02 Å². The van der Waals surface area contributed by atoms with Crippen molar-refractivity contribution in [3.05, 3.63) is 70.4 Å². The van der Waals surface area contributed by atoms with Crippen molar-refractivity contribution in [1.82, 2.24) is 9.88 Å². The monoisotopic (exact) mass is 433 g/mol. The van der Waals surface area contributed by atoms with Crippen LogP contribution in [0.3, 0.4) is 0 Å². The number of benzene rings is 2. The average Bonchev–Trinajstić information content (AvgIpc) is 2.77. The number of nitrogens with zero attached hydrogens (tertiary/aromatic N) is 3. The van der Waals surface area contributed by atoms with E-state index in [0.29, 0.717) is 23.7 Å². The van der Waals surface area contributed by atoms with Crippen LogP contribution < -0.4 is 11.1 Å². The van der Waals surface area contributed by atoms with Gasteiger partial charge in [-0.1, -0.05) is 35.9 Å². The van der Waals surface area contributed by atoms with Crippen LogP contribution >= 0.6 is 11.6 Å². The van der Waals surface area contributed by atoms with E-state index in [9.17, 15) is 10.1 Å². The molecule has 3 aromatic rings. The van der Waals surface area contributed by atoms with Crippen molar-refractivity contribution in [3.8, 4) is 6.07 Å². The molecule has 1 aliphatic heterocycles. The number of carbonyl (C=O) groups excluding carboxylic acids is 1. The lowest BCUT2D eigenvalue weighted by molar-refractivity contribution is -0.123. The minimum Gasteiger partial charge on any atom is -0.379 e. The van der Waals surface area contributed by atoms with Gasteiger partial charge in [0, 0.05) is 36.2 Å². The first-order valence-electron chi connectivity index (χ1n) is 10.3. The van der Waals surface area contributed by atoms with Gasteiger partial charge in [0.1, 0.15) is 6.07 Å². The number of nitrogens with one attached hydrogen (secondary N) is 1. The zero-order chi connectivity index (χ0) is 21.8. The number of fused-ring (bicyclic) bond motifs is 1. The Morgan fingerprint density at radius 2 is 2.13 bits per heavy atom. The average molecular weight is 434 g/mol. The smallest absolute Gasteiger partial charge is 0.221 e. The number of anilines is 1. The molecule has 0 aliphatic carbocycles. The molecule has 1 unspecified atom stereocenters. The minimum absolute atomic E-state index is 0.0604. The van der Waals surface area contributed by atoms with Crippen LogP contribution in [0.4, 0.5) is 5.69 Å². The van der Waals surface area contributed by atoms with Crippen LogP contribution in [-0.2, 0) is 17.9 Å². The summed E-state index contributed by atoms with van der Waals surface area (Å²) >= 11 is 6.17. The number of amides is 1.